The number of hydrogen-bond acceptors (Lipinski definition) is 5. The molecule has 0 aliphatic heterocycles. The number of ether oxygens (including phenoxy) is 3. The van der Waals surface area contributed by atoms with E-state index in [0.29, 0.717) is 17.1 Å². The number of carbonyl (C=O) groups excluding carboxylic acids is 2. The van der Waals surface area contributed by atoms with Crippen LogP contribution in [-0.4, -0.2) is 38.1 Å². The average molecular weight is 500 g/mol. The van der Waals surface area contributed by atoms with Gasteiger partial charge in [0.15, 0.2) is 19.0 Å². The second kappa shape index (κ2) is 11.9. The SMILES string of the molecule is C=O.O=C(c1ccc(OCC(F)(F)F)cc1)c1ccc(Oc2ccc(OCC(F)(F)F)cc2)cc1. The van der Waals surface area contributed by atoms with E-state index >= 15 is 0 Å². The largest absolute Gasteiger partial charge is 0.484 e. The Hall–Kier alpha value is -4.02. The maximum atomic E-state index is 12.6. The minimum Gasteiger partial charge on any atom is -0.484 e. The average Bonchev–Trinajstić information content (AvgIpc) is 2.83. The lowest BCUT2D eigenvalue weighted by Gasteiger charge is -2.11. The van der Waals surface area contributed by atoms with Gasteiger partial charge in [-0.05, 0) is 72.8 Å². The second-order valence-electron chi connectivity index (χ2n) is 6.76. The molecule has 35 heavy (non-hydrogen) atoms. The van der Waals surface area contributed by atoms with E-state index in [1.165, 1.54) is 72.8 Å². The Morgan fingerprint density at radius 1 is 0.571 bits per heavy atom. The Morgan fingerprint density at radius 3 is 1.20 bits per heavy atom. The zero-order valence-corrected chi connectivity index (χ0v) is 17.9. The van der Waals surface area contributed by atoms with Gasteiger partial charge in [-0.1, -0.05) is 0 Å². The van der Waals surface area contributed by atoms with Crippen LogP contribution in [0.25, 0.3) is 0 Å². The van der Waals surface area contributed by atoms with Gasteiger partial charge in [-0.2, -0.15) is 26.3 Å². The summed E-state index contributed by atoms with van der Waals surface area (Å²) in [6.07, 6.45) is -8.89. The number of rotatable bonds is 8. The monoisotopic (exact) mass is 500 g/mol. The van der Waals surface area contributed by atoms with Crippen molar-refractivity contribution in [3.05, 3.63) is 83.9 Å². The maximum absolute atomic E-state index is 12.6. The van der Waals surface area contributed by atoms with Crippen molar-refractivity contribution in [1.29, 1.82) is 0 Å². The Balaban J connectivity index is 0.00000210. The van der Waals surface area contributed by atoms with Crippen molar-refractivity contribution in [3.63, 3.8) is 0 Å². The first-order valence-corrected chi connectivity index (χ1v) is 9.69. The first-order chi connectivity index (χ1) is 16.5. The van der Waals surface area contributed by atoms with Crippen LogP contribution in [0.4, 0.5) is 26.3 Å². The molecule has 0 bridgehead atoms. The van der Waals surface area contributed by atoms with E-state index in [4.69, 9.17) is 9.53 Å². The molecule has 0 aromatic heterocycles. The molecule has 3 rings (SSSR count). The standard InChI is InChI=1S/C23H16F6O4.CH2O/c24-22(25,26)13-31-17-5-1-15(2-6-17)21(30)16-3-7-19(8-4-16)33-20-11-9-18(10-12-20)32-14-23(27,28)29;1-2/h1-12H,13-14H2;1H2. The van der Waals surface area contributed by atoms with Crippen molar-refractivity contribution in [2.45, 2.75) is 12.4 Å². The summed E-state index contributed by atoms with van der Waals surface area (Å²) in [6, 6.07) is 16.9. The van der Waals surface area contributed by atoms with E-state index in [2.05, 4.69) is 9.47 Å². The molecule has 0 spiro atoms. The fraction of sp³-hybridized carbons (Fsp3) is 0.167. The Bertz CT molecular complexity index is 1080. The van der Waals surface area contributed by atoms with E-state index in [-0.39, 0.29) is 22.8 Å². The quantitative estimate of drug-likeness (QED) is 0.264. The summed E-state index contributed by atoms with van der Waals surface area (Å²) in [6.45, 7) is -0.822. The highest BCUT2D eigenvalue weighted by Crippen LogP contribution is 2.26. The zero-order valence-electron chi connectivity index (χ0n) is 17.9. The third kappa shape index (κ3) is 9.40. The molecule has 0 radical (unpaired) electrons. The van der Waals surface area contributed by atoms with Crippen molar-refractivity contribution in [1.82, 2.24) is 0 Å². The highest BCUT2D eigenvalue weighted by Gasteiger charge is 2.29. The van der Waals surface area contributed by atoms with Crippen molar-refractivity contribution < 1.29 is 50.1 Å². The Labute approximate surface area is 195 Å². The van der Waals surface area contributed by atoms with Gasteiger partial charge in [0.2, 0.25) is 0 Å². The molecule has 0 aliphatic carbocycles. The minimum atomic E-state index is -4.46. The van der Waals surface area contributed by atoms with Crippen LogP contribution in [-0.2, 0) is 4.79 Å². The van der Waals surface area contributed by atoms with Crippen molar-refractivity contribution in [2.75, 3.05) is 13.2 Å². The fourth-order valence-corrected chi connectivity index (χ4v) is 2.61. The molecule has 0 N–H and O–H groups in total. The highest BCUT2D eigenvalue weighted by atomic mass is 19.4. The molecule has 0 saturated carbocycles. The number of ketones is 1. The summed E-state index contributed by atoms with van der Waals surface area (Å²) in [5.41, 5.74) is 0.583. The smallest absolute Gasteiger partial charge is 0.422 e. The van der Waals surface area contributed by atoms with Crippen LogP contribution in [0.3, 0.4) is 0 Å². The van der Waals surface area contributed by atoms with Gasteiger partial charge >= 0.3 is 12.4 Å². The minimum absolute atomic E-state index is 0.0116. The van der Waals surface area contributed by atoms with Crippen molar-refractivity contribution in [2.24, 2.45) is 0 Å². The molecular weight excluding hydrogens is 482 g/mol. The maximum Gasteiger partial charge on any atom is 0.422 e. The molecular formula is C24H18F6O5. The Kier molecular flexibility index (Phi) is 9.26. The molecule has 5 nitrogen and oxygen atoms in total. The van der Waals surface area contributed by atoms with Gasteiger partial charge in [0.25, 0.3) is 0 Å². The third-order valence-electron chi connectivity index (χ3n) is 4.10. The Morgan fingerprint density at radius 2 is 0.857 bits per heavy atom. The van der Waals surface area contributed by atoms with E-state index in [9.17, 15) is 31.1 Å². The van der Waals surface area contributed by atoms with E-state index < -0.39 is 25.6 Å². The molecule has 0 heterocycles. The summed E-state index contributed by atoms with van der Waals surface area (Å²) >= 11 is 0. The summed E-state index contributed by atoms with van der Waals surface area (Å²) < 4.78 is 87.9. The number of halogens is 6. The van der Waals surface area contributed by atoms with Crippen molar-refractivity contribution >= 4 is 12.6 Å². The van der Waals surface area contributed by atoms with Gasteiger partial charge in [0.05, 0.1) is 0 Å². The third-order valence-corrected chi connectivity index (χ3v) is 4.10. The summed E-state index contributed by atoms with van der Waals surface area (Å²) in [4.78, 5) is 20.6. The summed E-state index contributed by atoms with van der Waals surface area (Å²) in [5.74, 6) is 0.405. The predicted octanol–water partition coefficient (Wildman–Crippen LogP) is 6.41. The van der Waals surface area contributed by atoms with Crippen molar-refractivity contribution in [3.8, 4) is 23.0 Å². The van der Waals surface area contributed by atoms with Gasteiger partial charge in [0.1, 0.15) is 29.8 Å². The normalized spacial score (nSPS) is 11.1. The number of alkyl halides is 6. The van der Waals surface area contributed by atoms with Crippen LogP contribution in [0.5, 0.6) is 23.0 Å². The first kappa shape index (κ1) is 27.2. The molecule has 3 aromatic carbocycles. The zero-order chi connectivity index (χ0) is 26.1. The van der Waals surface area contributed by atoms with E-state index in [0.717, 1.165) is 0 Å². The molecule has 0 unspecified atom stereocenters. The summed E-state index contributed by atoms with van der Waals surface area (Å²) in [5, 5.41) is 0. The lowest BCUT2D eigenvalue weighted by molar-refractivity contribution is -0.154. The van der Waals surface area contributed by atoms with E-state index in [1.54, 1.807) is 0 Å². The molecule has 186 valence electrons. The molecule has 0 fully saturated rings. The molecule has 0 atom stereocenters. The molecule has 0 amide bonds. The predicted molar refractivity (Wildman–Crippen MR) is 113 cm³/mol. The highest BCUT2D eigenvalue weighted by molar-refractivity contribution is 6.09. The second-order valence-corrected chi connectivity index (χ2v) is 6.76. The van der Waals surface area contributed by atoms with Gasteiger partial charge in [-0.15, -0.1) is 0 Å². The number of carbonyl (C=O) groups is 2. The van der Waals surface area contributed by atoms with Crippen LogP contribution < -0.4 is 14.2 Å². The topological polar surface area (TPSA) is 61.8 Å². The molecule has 11 heteroatoms. The van der Waals surface area contributed by atoms with Crippen LogP contribution in [0.2, 0.25) is 0 Å². The van der Waals surface area contributed by atoms with Gasteiger partial charge in [-0.3, -0.25) is 4.79 Å². The number of benzene rings is 3. The van der Waals surface area contributed by atoms with Crippen LogP contribution in [0.1, 0.15) is 15.9 Å². The molecule has 0 aliphatic rings. The van der Waals surface area contributed by atoms with Crippen LogP contribution >= 0.6 is 0 Å². The molecule has 3 aromatic rings. The molecule has 0 saturated heterocycles. The van der Waals surface area contributed by atoms with Crippen LogP contribution in [0, 0.1) is 0 Å². The lowest BCUT2D eigenvalue weighted by Crippen LogP contribution is -2.19. The lowest BCUT2D eigenvalue weighted by atomic mass is 10.0. The van der Waals surface area contributed by atoms with Gasteiger partial charge in [0, 0.05) is 11.1 Å². The van der Waals surface area contributed by atoms with Gasteiger partial charge in [-0.25, -0.2) is 0 Å². The van der Waals surface area contributed by atoms with E-state index in [1.807, 2.05) is 6.79 Å². The number of hydrogen-bond donors (Lipinski definition) is 0. The van der Waals surface area contributed by atoms with Crippen LogP contribution in [0.15, 0.2) is 72.8 Å². The summed E-state index contributed by atoms with van der Waals surface area (Å²) in [7, 11) is 0. The first-order valence-electron chi connectivity index (χ1n) is 9.69. The fourth-order valence-electron chi connectivity index (χ4n) is 2.61. The van der Waals surface area contributed by atoms with Gasteiger partial charge < -0.3 is 19.0 Å².